The average molecular weight is 226 g/mol. The maximum atomic E-state index is 13.4. The van der Waals surface area contributed by atoms with Gasteiger partial charge in [-0.25, -0.2) is 8.78 Å². The zero-order valence-corrected chi connectivity index (χ0v) is 9.18. The van der Waals surface area contributed by atoms with Crippen molar-refractivity contribution in [2.24, 2.45) is 0 Å². The molecule has 1 aromatic carbocycles. The highest BCUT2D eigenvalue weighted by Crippen LogP contribution is 2.15. The van der Waals surface area contributed by atoms with Gasteiger partial charge >= 0.3 is 0 Å². The van der Waals surface area contributed by atoms with Gasteiger partial charge in [0.05, 0.1) is 0 Å². The Hall–Kier alpha value is -1.00. The highest BCUT2D eigenvalue weighted by atomic mass is 19.1. The molecule has 0 amide bonds. The Kier molecular flexibility index (Phi) is 3.85. The Bertz CT molecular complexity index is 327. The summed E-state index contributed by atoms with van der Waals surface area (Å²) in [6.07, 6.45) is 1.02. The number of hydrogen-bond donors (Lipinski definition) is 1. The van der Waals surface area contributed by atoms with Crippen LogP contribution in [0.15, 0.2) is 18.2 Å². The van der Waals surface area contributed by atoms with Crippen molar-refractivity contribution in [3.8, 4) is 0 Å². The molecule has 88 valence electrons. The van der Waals surface area contributed by atoms with Crippen LogP contribution in [0.2, 0.25) is 0 Å². The maximum Gasteiger partial charge on any atom is 0.130 e. The van der Waals surface area contributed by atoms with Gasteiger partial charge < -0.3 is 5.32 Å². The fourth-order valence-corrected chi connectivity index (χ4v) is 1.97. The summed E-state index contributed by atoms with van der Waals surface area (Å²) in [6, 6.07) is 4.03. The lowest BCUT2D eigenvalue weighted by Gasteiger charge is -2.19. The summed E-state index contributed by atoms with van der Waals surface area (Å²) in [5.41, 5.74) is 0.185. The van der Waals surface area contributed by atoms with Crippen LogP contribution < -0.4 is 5.32 Å². The van der Waals surface area contributed by atoms with Gasteiger partial charge in [-0.1, -0.05) is 6.07 Å². The molecule has 1 aliphatic heterocycles. The third kappa shape index (κ3) is 2.77. The monoisotopic (exact) mass is 226 g/mol. The Morgan fingerprint density at radius 2 is 1.88 bits per heavy atom. The van der Waals surface area contributed by atoms with Gasteiger partial charge in [-0.2, -0.15) is 0 Å². The van der Waals surface area contributed by atoms with Gasteiger partial charge in [0.2, 0.25) is 0 Å². The van der Waals surface area contributed by atoms with Crippen molar-refractivity contribution in [2.75, 3.05) is 26.2 Å². The van der Waals surface area contributed by atoms with E-state index in [0.717, 1.165) is 32.6 Å². The first-order chi connectivity index (χ1) is 7.77. The van der Waals surface area contributed by atoms with Gasteiger partial charge in [-0.05, 0) is 31.6 Å². The molecule has 16 heavy (non-hydrogen) atoms. The molecule has 0 atom stereocenters. The van der Waals surface area contributed by atoms with Crippen molar-refractivity contribution in [3.05, 3.63) is 35.4 Å². The van der Waals surface area contributed by atoms with Crippen LogP contribution in [0, 0.1) is 11.6 Å². The van der Waals surface area contributed by atoms with E-state index in [-0.39, 0.29) is 5.56 Å². The van der Waals surface area contributed by atoms with Crippen molar-refractivity contribution in [1.82, 2.24) is 10.2 Å². The molecule has 0 spiro atoms. The molecule has 1 heterocycles. The Morgan fingerprint density at radius 3 is 2.62 bits per heavy atom. The second-order valence-corrected chi connectivity index (χ2v) is 4.08. The van der Waals surface area contributed by atoms with Crippen molar-refractivity contribution in [2.45, 2.75) is 13.0 Å². The van der Waals surface area contributed by atoms with E-state index in [1.54, 1.807) is 0 Å². The van der Waals surface area contributed by atoms with Crippen LogP contribution in [0.25, 0.3) is 0 Å². The molecule has 0 unspecified atom stereocenters. The standard InChI is InChI=1S/C12H16F2N2/c13-11-3-1-4-12(14)10(11)9-16-7-2-5-15-6-8-16/h1,3-4,15H,2,5-9H2. The van der Waals surface area contributed by atoms with Crippen LogP contribution in [0.3, 0.4) is 0 Å². The van der Waals surface area contributed by atoms with E-state index in [1.165, 1.54) is 18.2 Å². The van der Waals surface area contributed by atoms with E-state index in [2.05, 4.69) is 10.2 Å². The first kappa shape index (κ1) is 11.5. The molecular formula is C12H16F2N2. The average Bonchev–Trinajstić information content (AvgIpc) is 2.52. The third-order valence-corrected chi connectivity index (χ3v) is 2.88. The molecule has 2 rings (SSSR count). The van der Waals surface area contributed by atoms with Gasteiger partial charge in [-0.3, -0.25) is 4.90 Å². The summed E-state index contributed by atoms with van der Waals surface area (Å²) >= 11 is 0. The van der Waals surface area contributed by atoms with Gasteiger partial charge in [-0.15, -0.1) is 0 Å². The molecule has 0 saturated carbocycles. The van der Waals surface area contributed by atoms with E-state index in [4.69, 9.17) is 0 Å². The Morgan fingerprint density at radius 1 is 1.12 bits per heavy atom. The van der Waals surface area contributed by atoms with Crippen LogP contribution in [0.1, 0.15) is 12.0 Å². The molecule has 0 bridgehead atoms. The van der Waals surface area contributed by atoms with Crippen molar-refractivity contribution in [3.63, 3.8) is 0 Å². The fourth-order valence-electron chi connectivity index (χ4n) is 1.97. The normalized spacial score (nSPS) is 18.4. The minimum absolute atomic E-state index is 0.185. The van der Waals surface area contributed by atoms with Gasteiger partial charge in [0.25, 0.3) is 0 Å². The third-order valence-electron chi connectivity index (χ3n) is 2.88. The molecule has 4 heteroatoms. The number of nitrogens with zero attached hydrogens (tertiary/aromatic N) is 1. The number of benzene rings is 1. The van der Waals surface area contributed by atoms with Gasteiger partial charge in [0.15, 0.2) is 0 Å². The van der Waals surface area contributed by atoms with E-state index in [9.17, 15) is 8.78 Å². The largest absolute Gasteiger partial charge is 0.315 e. The van der Waals surface area contributed by atoms with Crippen LogP contribution in [-0.2, 0) is 6.54 Å². The first-order valence-electron chi connectivity index (χ1n) is 5.63. The fraction of sp³-hybridized carbons (Fsp3) is 0.500. The lowest BCUT2D eigenvalue weighted by atomic mass is 10.2. The van der Waals surface area contributed by atoms with Gasteiger partial charge in [0.1, 0.15) is 11.6 Å². The summed E-state index contributed by atoms with van der Waals surface area (Å²) in [7, 11) is 0. The number of nitrogens with one attached hydrogen (secondary N) is 1. The topological polar surface area (TPSA) is 15.3 Å². The number of halogens is 2. The SMILES string of the molecule is Fc1cccc(F)c1CN1CCCNCC1. The minimum atomic E-state index is -0.447. The van der Waals surface area contributed by atoms with E-state index in [0.29, 0.717) is 6.54 Å². The molecule has 2 nitrogen and oxygen atoms in total. The summed E-state index contributed by atoms with van der Waals surface area (Å²) in [5, 5.41) is 3.26. The second-order valence-electron chi connectivity index (χ2n) is 4.08. The summed E-state index contributed by atoms with van der Waals surface area (Å²) in [4.78, 5) is 2.08. The second kappa shape index (κ2) is 5.37. The highest BCUT2D eigenvalue weighted by molar-refractivity contribution is 5.19. The number of rotatable bonds is 2. The highest BCUT2D eigenvalue weighted by Gasteiger charge is 2.14. The van der Waals surface area contributed by atoms with E-state index in [1.807, 2.05) is 0 Å². The summed E-state index contributed by atoms with van der Waals surface area (Å²) in [5.74, 6) is -0.894. The lowest BCUT2D eigenvalue weighted by Crippen LogP contribution is -2.28. The number of hydrogen-bond acceptors (Lipinski definition) is 2. The van der Waals surface area contributed by atoms with Crippen LogP contribution in [0.5, 0.6) is 0 Å². The molecule has 0 radical (unpaired) electrons. The summed E-state index contributed by atoms with van der Waals surface area (Å²) in [6.45, 7) is 3.96. The van der Waals surface area contributed by atoms with Crippen LogP contribution in [-0.4, -0.2) is 31.1 Å². The van der Waals surface area contributed by atoms with Crippen LogP contribution in [0.4, 0.5) is 8.78 Å². The molecule has 0 aliphatic carbocycles. The summed E-state index contributed by atoms with van der Waals surface area (Å²) < 4.78 is 26.8. The first-order valence-corrected chi connectivity index (χ1v) is 5.63. The predicted molar refractivity (Wildman–Crippen MR) is 59.1 cm³/mol. The van der Waals surface area contributed by atoms with Crippen LogP contribution >= 0.6 is 0 Å². The predicted octanol–water partition coefficient (Wildman–Crippen LogP) is 1.76. The molecule has 1 fully saturated rings. The minimum Gasteiger partial charge on any atom is -0.315 e. The van der Waals surface area contributed by atoms with E-state index < -0.39 is 11.6 Å². The van der Waals surface area contributed by atoms with E-state index >= 15 is 0 Å². The zero-order chi connectivity index (χ0) is 11.4. The van der Waals surface area contributed by atoms with Gasteiger partial charge in [0, 0.05) is 25.2 Å². The zero-order valence-electron chi connectivity index (χ0n) is 9.18. The smallest absolute Gasteiger partial charge is 0.130 e. The van der Waals surface area contributed by atoms with Crippen molar-refractivity contribution in [1.29, 1.82) is 0 Å². The van der Waals surface area contributed by atoms with Crippen molar-refractivity contribution >= 4 is 0 Å². The molecule has 1 aromatic rings. The molecule has 1 saturated heterocycles. The molecular weight excluding hydrogens is 210 g/mol. The molecule has 1 aliphatic rings. The molecule has 0 aromatic heterocycles. The quantitative estimate of drug-likeness (QED) is 0.826. The van der Waals surface area contributed by atoms with Crippen molar-refractivity contribution < 1.29 is 8.78 Å². The maximum absolute atomic E-state index is 13.4. The molecule has 1 N–H and O–H groups in total. The Labute approximate surface area is 94.3 Å². The lowest BCUT2D eigenvalue weighted by molar-refractivity contribution is 0.275. The Balaban J connectivity index is 2.07.